The fraction of sp³-hybridized carbons (Fsp3) is 0.462. The van der Waals surface area contributed by atoms with Gasteiger partial charge in [0.2, 0.25) is 0 Å². The highest BCUT2D eigenvalue weighted by Crippen LogP contribution is 2.19. The van der Waals surface area contributed by atoms with Crippen molar-refractivity contribution in [3.05, 3.63) is 29.8 Å². The Morgan fingerprint density at radius 3 is 2.25 bits per heavy atom. The third-order valence-corrected chi connectivity index (χ3v) is 2.50. The standard InChI is InChI=1S/C13H19NOS/c1-13(2,3)8-9-15-11-6-4-10(5-7-11)12(14)16/h4-7H,8-9H2,1-3H3,(H2,14,16). The van der Waals surface area contributed by atoms with E-state index >= 15 is 0 Å². The molecule has 0 aromatic heterocycles. The summed E-state index contributed by atoms with van der Waals surface area (Å²) in [7, 11) is 0. The topological polar surface area (TPSA) is 35.2 Å². The van der Waals surface area contributed by atoms with Crippen molar-refractivity contribution in [1.82, 2.24) is 0 Å². The van der Waals surface area contributed by atoms with Crippen molar-refractivity contribution in [3.8, 4) is 5.75 Å². The third-order valence-electron chi connectivity index (χ3n) is 2.26. The molecule has 0 aliphatic carbocycles. The first kappa shape index (κ1) is 13.0. The van der Waals surface area contributed by atoms with E-state index in [1.807, 2.05) is 24.3 Å². The lowest BCUT2D eigenvalue weighted by Crippen LogP contribution is -2.11. The van der Waals surface area contributed by atoms with Crippen LogP contribution in [0.2, 0.25) is 0 Å². The zero-order valence-corrected chi connectivity index (χ0v) is 10.9. The summed E-state index contributed by atoms with van der Waals surface area (Å²) in [6.45, 7) is 7.33. The lowest BCUT2D eigenvalue weighted by atomic mass is 9.93. The van der Waals surface area contributed by atoms with Crippen LogP contribution in [0.1, 0.15) is 32.8 Å². The number of thiocarbonyl (C=S) groups is 1. The number of ether oxygens (including phenoxy) is 1. The molecule has 0 spiro atoms. The third kappa shape index (κ3) is 4.62. The molecular formula is C13H19NOS. The Bertz CT molecular complexity index is 351. The minimum atomic E-state index is 0.304. The van der Waals surface area contributed by atoms with Crippen LogP contribution in [-0.4, -0.2) is 11.6 Å². The Kier molecular flexibility index (Phi) is 4.30. The second-order valence-corrected chi connectivity index (χ2v) is 5.49. The minimum absolute atomic E-state index is 0.304. The first-order valence-corrected chi connectivity index (χ1v) is 5.82. The van der Waals surface area contributed by atoms with Crippen LogP contribution in [0.3, 0.4) is 0 Å². The molecule has 16 heavy (non-hydrogen) atoms. The summed E-state index contributed by atoms with van der Waals surface area (Å²) in [6.07, 6.45) is 1.03. The first-order valence-electron chi connectivity index (χ1n) is 5.41. The number of hydrogen-bond donors (Lipinski definition) is 1. The normalized spacial score (nSPS) is 11.2. The summed E-state index contributed by atoms with van der Waals surface area (Å²) < 4.78 is 5.63. The largest absolute Gasteiger partial charge is 0.494 e. The molecule has 2 nitrogen and oxygen atoms in total. The molecule has 1 aromatic rings. The van der Waals surface area contributed by atoms with Gasteiger partial charge in [0.05, 0.1) is 6.61 Å². The maximum atomic E-state index is 5.63. The molecule has 1 rings (SSSR count). The lowest BCUT2D eigenvalue weighted by Gasteiger charge is -2.18. The molecule has 0 aliphatic heterocycles. The quantitative estimate of drug-likeness (QED) is 0.817. The van der Waals surface area contributed by atoms with Gasteiger partial charge in [-0.2, -0.15) is 0 Å². The molecule has 1 aromatic carbocycles. The Labute approximate surface area is 103 Å². The van der Waals surface area contributed by atoms with Gasteiger partial charge < -0.3 is 10.5 Å². The highest BCUT2D eigenvalue weighted by molar-refractivity contribution is 7.80. The van der Waals surface area contributed by atoms with E-state index in [1.165, 1.54) is 0 Å². The summed E-state index contributed by atoms with van der Waals surface area (Å²) in [5.41, 5.74) is 6.69. The number of rotatable bonds is 4. The molecular weight excluding hydrogens is 218 g/mol. The lowest BCUT2D eigenvalue weighted by molar-refractivity contribution is 0.243. The van der Waals surface area contributed by atoms with E-state index in [1.54, 1.807) is 0 Å². The average molecular weight is 237 g/mol. The zero-order chi connectivity index (χ0) is 12.2. The van der Waals surface area contributed by atoms with E-state index in [9.17, 15) is 0 Å². The fourth-order valence-electron chi connectivity index (χ4n) is 1.19. The van der Waals surface area contributed by atoms with Crippen LogP contribution in [0.4, 0.5) is 0 Å². The van der Waals surface area contributed by atoms with Crippen LogP contribution in [0.15, 0.2) is 24.3 Å². The van der Waals surface area contributed by atoms with Gasteiger partial charge in [-0.05, 0) is 36.1 Å². The van der Waals surface area contributed by atoms with Crippen LogP contribution in [0.5, 0.6) is 5.75 Å². The maximum Gasteiger partial charge on any atom is 0.119 e. The van der Waals surface area contributed by atoms with Crippen LogP contribution >= 0.6 is 12.2 Å². The molecule has 0 amide bonds. The van der Waals surface area contributed by atoms with Crippen molar-refractivity contribution in [3.63, 3.8) is 0 Å². The molecule has 0 bridgehead atoms. The SMILES string of the molecule is CC(C)(C)CCOc1ccc(C(N)=S)cc1. The monoisotopic (exact) mass is 237 g/mol. The molecule has 0 aliphatic rings. The smallest absolute Gasteiger partial charge is 0.119 e. The highest BCUT2D eigenvalue weighted by atomic mass is 32.1. The number of nitrogens with two attached hydrogens (primary N) is 1. The summed E-state index contributed by atoms with van der Waals surface area (Å²) >= 11 is 4.88. The minimum Gasteiger partial charge on any atom is -0.494 e. The van der Waals surface area contributed by atoms with Crippen LogP contribution < -0.4 is 10.5 Å². The van der Waals surface area contributed by atoms with Crippen molar-refractivity contribution in [2.75, 3.05) is 6.61 Å². The van der Waals surface area contributed by atoms with Gasteiger partial charge in [-0.15, -0.1) is 0 Å². The van der Waals surface area contributed by atoms with Gasteiger partial charge in [-0.1, -0.05) is 33.0 Å². The van der Waals surface area contributed by atoms with Gasteiger partial charge in [0, 0.05) is 5.56 Å². The highest BCUT2D eigenvalue weighted by Gasteiger charge is 2.09. The van der Waals surface area contributed by atoms with Gasteiger partial charge in [-0.25, -0.2) is 0 Å². The summed E-state index contributed by atoms with van der Waals surface area (Å²) in [6, 6.07) is 7.57. The van der Waals surface area contributed by atoms with Crippen molar-refractivity contribution in [2.24, 2.45) is 11.1 Å². The second kappa shape index (κ2) is 5.30. The molecule has 0 fully saturated rings. The molecule has 0 heterocycles. The molecule has 0 unspecified atom stereocenters. The molecule has 3 heteroatoms. The Hall–Kier alpha value is -1.09. The Morgan fingerprint density at radius 2 is 1.81 bits per heavy atom. The fourth-order valence-corrected chi connectivity index (χ4v) is 1.33. The van der Waals surface area contributed by atoms with Crippen molar-refractivity contribution < 1.29 is 4.74 Å². The van der Waals surface area contributed by atoms with E-state index in [4.69, 9.17) is 22.7 Å². The molecule has 0 atom stereocenters. The Morgan fingerprint density at radius 1 is 1.25 bits per heavy atom. The van der Waals surface area contributed by atoms with Crippen LogP contribution in [0.25, 0.3) is 0 Å². The molecule has 2 N–H and O–H groups in total. The van der Waals surface area contributed by atoms with Gasteiger partial charge in [0.25, 0.3) is 0 Å². The van der Waals surface area contributed by atoms with E-state index in [-0.39, 0.29) is 0 Å². The number of hydrogen-bond acceptors (Lipinski definition) is 2. The zero-order valence-electron chi connectivity index (χ0n) is 10.1. The second-order valence-electron chi connectivity index (χ2n) is 5.05. The van der Waals surface area contributed by atoms with Gasteiger partial charge in [-0.3, -0.25) is 0 Å². The maximum absolute atomic E-state index is 5.63. The molecule has 88 valence electrons. The van der Waals surface area contributed by atoms with Gasteiger partial charge in [0.1, 0.15) is 10.7 Å². The molecule has 0 saturated heterocycles. The predicted octanol–water partition coefficient (Wildman–Crippen LogP) is 3.14. The summed E-state index contributed by atoms with van der Waals surface area (Å²) in [4.78, 5) is 0.418. The van der Waals surface area contributed by atoms with Gasteiger partial charge in [0.15, 0.2) is 0 Å². The van der Waals surface area contributed by atoms with E-state index in [2.05, 4.69) is 20.8 Å². The number of benzene rings is 1. The van der Waals surface area contributed by atoms with Crippen molar-refractivity contribution in [1.29, 1.82) is 0 Å². The van der Waals surface area contributed by atoms with Gasteiger partial charge >= 0.3 is 0 Å². The molecule has 0 saturated carbocycles. The van der Waals surface area contributed by atoms with Crippen LogP contribution in [0, 0.1) is 5.41 Å². The van der Waals surface area contributed by atoms with E-state index in [0.717, 1.165) is 24.3 Å². The van der Waals surface area contributed by atoms with Crippen molar-refractivity contribution >= 4 is 17.2 Å². The van der Waals surface area contributed by atoms with E-state index < -0.39 is 0 Å². The average Bonchev–Trinajstić information content (AvgIpc) is 2.16. The van der Waals surface area contributed by atoms with E-state index in [0.29, 0.717) is 10.4 Å². The summed E-state index contributed by atoms with van der Waals surface area (Å²) in [5.74, 6) is 0.865. The first-order chi connectivity index (χ1) is 7.38. The van der Waals surface area contributed by atoms with Crippen molar-refractivity contribution in [2.45, 2.75) is 27.2 Å². The predicted molar refractivity (Wildman–Crippen MR) is 71.9 cm³/mol. The summed E-state index contributed by atoms with van der Waals surface area (Å²) in [5, 5.41) is 0. The molecule has 0 radical (unpaired) electrons. The van der Waals surface area contributed by atoms with Crippen LogP contribution in [-0.2, 0) is 0 Å². The Balaban J connectivity index is 2.47.